The van der Waals surface area contributed by atoms with E-state index in [0.717, 1.165) is 17.5 Å². The molecule has 5 nitrogen and oxygen atoms in total. The minimum atomic E-state index is -0.500. The Bertz CT molecular complexity index is 639. The number of nitrogens with one attached hydrogen (secondary N) is 2. The highest BCUT2D eigenvalue weighted by Crippen LogP contribution is 2.21. The van der Waals surface area contributed by atoms with Gasteiger partial charge >= 0.3 is 6.03 Å². The second-order valence-corrected chi connectivity index (χ2v) is 4.98. The van der Waals surface area contributed by atoms with Crippen LogP contribution in [0.3, 0.4) is 0 Å². The van der Waals surface area contributed by atoms with Crippen LogP contribution in [0.4, 0.5) is 4.79 Å². The van der Waals surface area contributed by atoms with Crippen LogP contribution >= 0.6 is 0 Å². The summed E-state index contributed by atoms with van der Waals surface area (Å²) in [7, 11) is 0. The monoisotopic (exact) mass is 312 g/mol. The second-order valence-electron chi connectivity index (χ2n) is 4.98. The third-order valence-electron chi connectivity index (χ3n) is 3.12. The lowest BCUT2D eigenvalue weighted by Crippen LogP contribution is -2.41. The van der Waals surface area contributed by atoms with Gasteiger partial charge in [-0.3, -0.25) is 10.1 Å². The third-order valence-corrected chi connectivity index (χ3v) is 3.12. The number of benzene rings is 2. The number of ether oxygens (including phenoxy) is 1. The minimum absolute atomic E-state index is 0.204. The molecule has 0 aliphatic rings. The quantitative estimate of drug-likeness (QED) is 0.861. The maximum atomic E-state index is 11.6. The summed E-state index contributed by atoms with van der Waals surface area (Å²) in [6.45, 7) is 2.26. The van der Waals surface area contributed by atoms with E-state index in [1.807, 2.05) is 49.4 Å². The van der Waals surface area contributed by atoms with Crippen molar-refractivity contribution in [3.05, 3.63) is 54.6 Å². The molecule has 0 saturated heterocycles. The van der Waals surface area contributed by atoms with Gasteiger partial charge in [0.25, 0.3) is 5.91 Å². The Morgan fingerprint density at radius 3 is 2.26 bits per heavy atom. The number of carbonyl (C=O) groups excluding carboxylic acids is 2. The zero-order valence-corrected chi connectivity index (χ0v) is 13.0. The van der Waals surface area contributed by atoms with Crippen molar-refractivity contribution in [3.63, 3.8) is 0 Å². The lowest BCUT2D eigenvalue weighted by molar-refractivity contribution is -0.122. The van der Waals surface area contributed by atoms with Gasteiger partial charge in [0.2, 0.25) is 0 Å². The molecule has 0 radical (unpaired) electrons. The van der Waals surface area contributed by atoms with Gasteiger partial charge in [0, 0.05) is 6.54 Å². The van der Waals surface area contributed by atoms with Gasteiger partial charge in [0.1, 0.15) is 5.75 Å². The zero-order valence-electron chi connectivity index (χ0n) is 13.0. The first-order chi connectivity index (χ1) is 11.2. The van der Waals surface area contributed by atoms with Gasteiger partial charge in [-0.25, -0.2) is 4.79 Å². The first kappa shape index (κ1) is 16.5. The SMILES string of the molecule is CCCNC(=O)NC(=O)COc1ccc(-c2ccccc2)cc1. The molecule has 0 aliphatic heterocycles. The smallest absolute Gasteiger partial charge is 0.321 e. The molecule has 2 rings (SSSR count). The number of imide groups is 1. The highest BCUT2D eigenvalue weighted by molar-refractivity contribution is 5.94. The van der Waals surface area contributed by atoms with Crippen LogP contribution in [0.5, 0.6) is 5.75 Å². The maximum Gasteiger partial charge on any atom is 0.321 e. The van der Waals surface area contributed by atoms with E-state index in [9.17, 15) is 9.59 Å². The van der Waals surface area contributed by atoms with Gasteiger partial charge < -0.3 is 10.1 Å². The predicted octanol–water partition coefficient (Wildman–Crippen LogP) is 2.97. The standard InChI is InChI=1S/C18H20N2O3/c1-2-12-19-18(22)20-17(21)13-23-16-10-8-15(9-11-16)14-6-4-3-5-7-14/h3-11H,2,12-13H2,1H3,(H2,19,20,21,22). The largest absolute Gasteiger partial charge is 0.484 e. The average molecular weight is 312 g/mol. The van der Waals surface area contributed by atoms with Gasteiger partial charge in [0.05, 0.1) is 0 Å². The first-order valence-electron chi connectivity index (χ1n) is 7.55. The van der Waals surface area contributed by atoms with E-state index in [1.54, 1.807) is 12.1 Å². The Morgan fingerprint density at radius 1 is 0.957 bits per heavy atom. The molecule has 0 spiro atoms. The van der Waals surface area contributed by atoms with E-state index in [2.05, 4.69) is 10.6 Å². The molecule has 0 aromatic heterocycles. The van der Waals surface area contributed by atoms with Crippen molar-refractivity contribution in [2.75, 3.05) is 13.2 Å². The van der Waals surface area contributed by atoms with Crippen molar-refractivity contribution in [1.82, 2.24) is 10.6 Å². The molecule has 23 heavy (non-hydrogen) atoms. The fourth-order valence-corrected chi connectivity index (χ4v) is 1.97. The highest BCUT2D eigenvalue weighted by Gasteiger charge is 2.07. The van der Waals surface area contributed by atoms with Gasteiger partial charge in [-0.15, -0.1) is 0 Å². The van der Waals surface area contributed by atoms with E-state index >= 15 is 0 Å². The summed E-state index contributed by atoms with van der Waals surface area (Å²) in [6.07, 6.45) is 0.811. The zero-order chi connectivity index (χ0) is 16.5. The fraction of sp³-hybridized carbons (Fsp3) is 0.222. The Balaban J connectivity index is 1.82. The average Bonchev–Trinajstić information content (AvgIpc) is 2.59. The lowest BCUT2D eigenvalue weighted by Gasteiger charge is -2.08. The molecule has 2 aromatic carbocycles. The van der Waals surface area contributed by atoms with Crippen LogP contribution in [0, 0.1) is 0 Å². The maximum absolute atomic E-state index is 11.6. The van der Waals surface area contributed by atoms with Gasteiger partial charge in [-0.05, 0) is 29.7 Å². The van der Waals surface area contributed by atoms with Crippen molar-refractivity contribution in [2.24, 2.45) is 0 Å². The van der Waals surface area contributed by atoms with E-state index in [1.165, 1.54) is 0 Å². The molecule has 0 heterocycles. The number of hydrogen-bond acceptors (Lipinski definition) is 3. The first-order valence-corrected chi connectivity index (χ1v) is 7.55. The molecular formula is C18H20N2O3. The fourth-order valence-electron chi connectivity index (χ4n) is 1.97. The number of rotatable bonds is 6. The summed E-state index contributed by atoms with van der Waals surface area (Å²) in [6, 6.07) is 16.9. The molecule has 0 unspecified atom stereocenters. The van der Waals surface area contributed by atoms with Crippen LogP contribution in [-0.4, -0.2) is 25.1 Å². The Hall–Kier alpha value is -2.82. The van der Waals surface area contributed by atoms with Crippen LogP contribution in [0.1, 0.15) is 13.3 Å². The summed E-state index contributed by atoms with van der Waals surface area (Å²) in [4.78, 5) is 22.9. The Morgan fingerprint density at radius 2 is 1.61 bits per heavy atom. The molecule has 0 saturated carbocycles. The molecule has 3 amide bonds. The molecule has 0 atom stereocenters. The molecule has 120 valence electrons. The van der Waals surface area contributed by atoms with Crippen LogP contribution in [-0.2, 0) is 4.79 Å². The van der Waals surface area contributed by atoms with Gasteiger partial charge in [0.15, 0.2) is 6.61 Å². The Kier molecular flexibility index (Phi) is 6.17. The molecule has 0 fully saturated rings. The lowest BCUT2D eigenvalue weighted by atomic mass is 10.1. The van der Waals surface area contributed by atoms with Gasteiger partial charge in [-0.1, -0.05) is 49.4 Å². The summed E-state index contributed by atoms with van der Waals surface area (Å²) in [5, 5.41) is 4.77. The summed E-state index contributed by atoms with van der Waals surface area (Å²) >= 11 is 0. The normalized spacial score (nSPS) is 9.96. The summed E-state index contributed by atoms with van der Waals surface area (Å²) < 4.78 is 5.37. The molecule has 2 N–H and O–H groups in total. The van der Waals surface area contributed by atoms with Gasteiger partial charge in [-0.2, -0.15) is 0 Å². The Labute approximate surface area is 135 Å². The van der Waals surface area contributed by atoms with Crippen LogP contribution in [0.2, 0.25) is 0 Å². The third kappa shape index (κ3) is 5.47. The molecular weight excluding hydrogens is 292 g/mol. The van der Waals surface area contributed by atoms with Crippen molar-refractivity contribution in [2.45, 2.75) is 13.3 Å². The summed E-state index contributed by atoms with van der Waals surface area (Å²) in [5.74, 6) is 0.0968. The van der Waals surface area contributed by atoms with Crippen molar-refractivity contribution in [1.29, 1.82) is 0 Å². The van der Waals surface area contributed by atoms with E-state index in [0.29, 0.717) is 12.3 Å². The number of hydrogen-bond donors (Lipinski definition) is 2. The molecule has 2 aromatic rings. The van der Waals surface area contributed by atoms with E-state index in [-0.39, 0.29) is 6.61 Å². The molecule has 0 bridgehead atoms. The number of carbonyl (C=O) groups is 2. The van der Waals surface area contributed by atoms with Crippen LogP contribution in [0.25, 0.3) is 11.1 Å². The highest BCUT2D eigenvalue weighted by atomic mass is 16.5. The van der Waals surface area contributed by atoms with Crippen molar-refractivity contribution < 1.29 is 14.3 Å². The summed E-state index contributed by atoms with van der Waals surface area (Å²) in [5.41, 5.74) is 2.19. The van der Waals surface area contributed by atoms with E-state index in [4.69, 9.17) is 4.74 Å². The van der Waals surface area contributed by atoms with Crippen LogP contribution < -0.4 is 15.4 Å². The van der Waals surface area contributed by atoms with Crippen molar-refractivity contribution in [3.8, 4) is 16.9 Å². The van der Waals surface area contributed by atoms with E-state index < -0.39 is 11.9 Å². The number of urea groups is 1. The predicted molar refractivity (Wildman–Crippen MR) is 89.2 cm³/mol. The molecule has 0 aliphatic carbocycles. The molecule has 5 heteroatoms. The van der Waals surface area contributed by atoms with Crippen LogP contribution in [0.15, 0.2) is 54.6 Å². The second kappa shape index (κ2) is 8.58. The topological polar surface area (TPSA) is 67.4 Å². The number of amides is 3. The van der Waals surface area contributed by atoms with Crippen molar-refractivity contribution >= 4 is 11.9 Å². The minimum Gasteiger partial charge on any atom is -0.484 e.